The Hall–Kier alpha value is -3.62. The van der Waals surface area contributed by atoms with Gasteiger partial charge in [0, 0.05) is 17.8 Å². The van der Waals surface area contributed by atoms with Crippen LogP contribution in [0.4, 0.5) is 14.5 Å². The molecule has 160 valence electrons. The van der Waals surface area contributed by atoms with Crippen LogP contribution in [0.2, 0.25) is 0 Å². The first-order valence-electron chi connectivity index (χ1n) is 8.91. The number of amides is 1. The molecule has 0 saturated carbocycles. The lowest BCUT2D eigenvalue weighted by Gasteiger charge is -2.10. The molecule has 0 spiro atoms. The predicted octanol–water partition coefficient (Wildman–Crippen LogP) is 3.89. The second-order valence-corrected chi connectivity index (χ2v) is 5.73. The van der Waals surface area contributed by atoms with Crippen molar-refractivity contribution in [2.75, 3.05) is 25.6 Å². The van der Waals surface area contributed by atoms with Gasteiger partial charge in [0.25, 0.3) is 0 Å². The number of hydrogen-bond donors (Lipinski definition) is 1. The molecule has 1 amide bonds. The van der Waals surface area contributed by atoms with Crippen molar-refractivity contribution >= 4 is 23.6 Å². The van der Waals surface area contributed by atoms with Crippen molar-refractivity contribution in [1.29, 1.82) is 0 Å². The molecule has 0 unspecified atom stereocenters. The third kappa shape index (κ3) is 7.42. The number of halogens is 2. The van der Waals surface area contributed by atoms with Gasteiger partial charge in [0.1, 0.15) is 5.75 Å². The van der Waals surface area contributed by atoms with E-state index in [0.717, 1.165) is 0 Å². The lowest BCUT2D eigenvalue weighted by atomic mass is 10.2. The molecular formula is C21H21F2NO6. The molecule has 2 aromatic rings. The summed E-state index contributed by atoms with van der Waals surface area (Å²) in [7, 11) is 1.32. The number of rotatable bonds is 10. The van der Waals surface area contributed by atoms with E-state index in [1.54, 1.807) is 31.2 Å². The predicted molar refractivity (Wildman–Crippen MR) is 106 cm³/mol. The first-order chi connectivity index (χ1) is 14.4. The van der Waals surface area contributed by atoms with Crippen LogP contribution in [0.5, 0.6) is 17.2 Å². The summed E-state index contributed by atoms with van der Waals surface area (Å²) in [5, 5.41) is 2.65. The van der Waals surface area contributed by atoms with E-state index in [1.807, 2.05) is 0 Å². The van der Waals surface area contributed by atoms with Crippen molar-refractivity contribution < 1.29 is 37.3 Å². The fraction of sp³-hybridized carbons (Fsp3) is 0.238. The highest BCUT2D eigenvalue weighted by Crippen LogP contribution is 2.29. The standard InChI is InChI=1S/C21H21F2NO6/c1-3-28-20(26)13-29-16-6-4-5-15(12-16)24-19(25)10-8-14-7-9-17(30-21(22)23)18(11-14)27-2/h4-12,21H,3,13H2,1-2H3,(H,24,25)/b10-8+. The van der Waals surface area contributed by atoms with Crippen molar-refractivity contribution in [3.63, 3.8) is 0 Å². The highest BCUT2D eigenvalue weighted by Gasteiger charge is 2.10. The zero-order chi connectivity index (χ0) is 21.9. The van der Waals surface area contributed by atoms with Gasteiger partial charge in [-0.25, -0.2) is 4.79 Å². The number of nitrogens with one attached hydrogen (secondary N) is 1. The Bertz CT molecular complexity index is 901. The number of carbonyl (C=O) groups excluding carboxylic acids is 2. The molecule has 30 heavy (non-hydrogen) atoms. The van der Waals surface area contributed by atoms with E-state index in [-0.39, 0.29) is 24.7 Å². The second-order valence-electron chi connectivity index (χ2n) is 5.73. The van der Waals surface area contributed by atoms with Gasteiger partial charge in [-0.05, 0) is 42.8 Å². The number of anilines is 1. The summed E-state index contributed by atoms with van der Waals surface area (Å²) in [4.78, 5) is 23.5. The Morgan fingerprint density at radius 1 is 1.13 bits per heavy atom. The Labute approximate surface area is 172 Å². The first kappa shape index (κ1) is 22.7. The van der Waals surface area contributed by atoms with Crippen molar-refractivity contribution in [1.82, 2.24) is 0 Å². The highest BCUT2D eigenvalue weighted by atomic mass is 19.3. The lowest BCUT2D eigenvalue weighted by molar-refractivity contribution is -0.145. The van der Waals surface area contributed by atoms with Crippen LogP contribution in [0.3, 0.4) is 0 Å². The maximum Gasteiger partial charge on any atom is 0.387 e. The molecule has 0 aliphatic carbocycles. The normalized spacial score (nSPS) is 10.7. The maximum atomic E-state index is 12.4. The Morgan fingerprint density at radius 2 is 1.93 bits per heavy atom. The molecule has 0 atom stereocenters. The molecule has 0 saturated heterocycles. The minimum absolute atomic E-state index is 0.103. The topological polar surface area (TPSA) is 83.1 Å². The molecule has 2 rings (SSSR count). The van der Waals surface area contributed by atoms with Gasteiger partial charge < -0.3 is 24.3 Å². The fourth-order valence-electron chi connectivity index (χ4n) is 2.35. The smallest absolute Gasteiger partial charge is 0.387 e. The summed E-state index contributed by atoms with van der Waals surface area (Å²) in [5.74, 6) is -0.512. The first-order valence-corrected chi connectivity index (χ1v) is 8.91. The molecule has 1 N–H and O–H groups in total. The summed E-state index contributed by atoms with van der Waals surface area (Å²) in [6.45, 7) is -1.25. The number of ether oxygens (including phenoxy) is 4. The van der Waals surface area contributed by atoms with E-state index in [1.165, 1.54) is 37.5 Å². The number of esters is 1. The monoisotopic (exact) mass is 421 g/mol. The van der Waals surface area contributed by atoms with E-state index in [9.17, 15) is 18.4 Å². The largest absolute Gasteiger partial charge is 0.493 e. The van der Waals surface area contributed by atoms with Crippen LogP contribution in [0.15, 0.2) is 48.5 Å². The van der Waals surface area contributed by atoms with E-state index < -0.39 is 18.5 Å². The van der Waals surface area contributed by atoms with Gasteiger partial charge in [-0.1, -0.05) is 12.1 Å². The number of carbonyl (C=O) groups is 2. The van der Waals surface area contributed by atoms with Crippen LogP contribution in [-0.2, 0) is 14.3 Å². The maximum absolute atomic E-state index is 12.4. The molecule has 7 nitrogen and oxygen atoms in total. The number of benzene rings is 2. The highest BCUT2D eigenvalue weighted by molar-refractivity contribution is 6.02. The SMILES string of the molecule is CCOC(=O)COc1cccc(NC(=O)/C=C/c2ccc(OC(F)F)c(OC)c2)c1. The van der Waals surface area contributed by atoms with Gasteiger partial charge in [0.05, 0.1) is 13.7 Å². The Kier molecular flexibility index (Phi) is 8.61. The van der Waals surface area contributed by atoms with E-state index in [2.05, 4.69) is 10.1 Å². The summed E-state index contributed by atoms with van der Waals surface area (Å²) in [6.07, 6.45) is 2.76. The van der Waals surface area contributed by atoms with Gasteiger partial charge >= 0.3 is 12.6 Å². The van der Waals surface area contributed by atoms with Gasteiger partial charge in [-0.3, -0.25) is 4.79 Å². The summed E-state index contributed by atoms with van der Waals surface area (Å²) >= 11 is 0. The molecule has 0 aliphatic heterocycles. The van der Waals surface area contributed by atoms with Gasteiger partial charge in [-0.2, -0.15) is 8.78 Å². The summed E-state index contributed by atoms with van der Waals surface area (Å²) < 4.78 is 44.2. The zero-order valence-electron chi connectivity index (χ0n) is 16.4. The van der Waals surface area contributed by atoms with Crippen LogP contribution in [0.1, 0.15) is 12.5 Å². The average Bonchev–Trinajstić information content (AvgIpc) is 2.71. The Balaban J connectivity index is 1.97. The van der Waals surface area contributed by atoms with Crippen molar-refractivity contribution in [2.45, 2.75) is 13.5 Å². The van der Waals surface area contributed by atoms with Crippen LogP contribution < -0.4 is 19.5 Å². The van der Waals surface area contributed by atoms with Crippen molar-refractivity contribution in [3.05, 3.63) is 54.1 Å². The van der Waals surface area contributed by atoms with E-state index in [4.69, 9.17) is 14.2 Å². The van der Waals surface area contributed by atoms with Gasteiger partial charge in [0.15, 0.2) is 18.1 Å². The van der Waals surface area contributed by atoms with Crippen molar-refractivity contribution in [3.8, 4) is 17.2 Å². The van der Waals surface area contributed by atoms with Crippen LogP contribution in [-0.4, -0.2) is 38.8 Å². The third-order valence-electron chi connectivity index (χ3n) is 3.59. The fourth-order valence-corrected chi connectivity index (χ4v) is 2.35. The molecule has 0 radical (unpaired) electrons. The van der Waals surface area contributed by atoms with Gasteiger partial charge in [-0.15, -0.1) is 0 Å². The molecule has 9 heteroatoms. The summed E-state index contributed by atoms with van der Waals surface area (Å²) in [6, 6.07) is 10.8. The quantitative estimate of drug-likeness (QED) is 0.463. The molecule has 0 aliphatic rings. The molecule has 0 aromatic heterocycles. The molecular weight excluding hydrogens is 400 g/mol. The minimum atomic E-state index is -2.97. The van der Waals surface area contributed by atoms with Crippen LogP contribution in [0, 0.1) is 0 Å². The average molecular weight is 421 g/mol. The third-order valence-corrected chi connectivity index (χ3v) is 3.59. The molecule has 0 fully saturated rings. The van der Waals surface area contributed by atoms with Crippen LogP contribution in [0.25, 0.3) is 6.08 Å². The summed E-state index contributed by atoms with van der Waals surface area (Å²) in [5.41, 5.74) is 1.01. The molecule has 0 heterocycles. The van der Waals surface area contributed by atoms with E-state index >= 15 is 0 Å². The van der Waals surface area contributed by atoms with Crippen LogP contribution >= 0.6 is 0 Å². The lowest BCUT2D eigenvalue weighted by Crippen LogP contribution is -2.14. The minimum Gasteiger partial charge on any atom is -0.493 e. The number of methoxy groups -OCH3 is 1. The molecule has 0 bridgehead atoms. The number of alkyl halides is 2. The van der Waals surface area contributed by atoms with E-state index in [0.29, 0.717) is 17.0 Å². The Morgan fingerprint density at radius 3 is 2.63 bits per heavy atom. The van der Waals surface area contributed by atoms with Gasteiger partial charge in [0.2, 0.25) is 5.91 Å². The number of hydrogen-bond acceptors (Lipinski definition) is 6. The zero-order valence-corrected chi connectivity index (χ0v) is 16.4. The molecule has 2 aromatic carbocycles. The van der Waals surface area contributed by atoms with Crippen molar-refractivity contribution in [2.24, 2.45) is 0 Å². The second kappa shape index (κ2) is 11.4.